The summed E-state index contributed by atoms with van der Waals surface area (Å²) in [5.74, 6) is 3.40. The van der Waals surface area contributed by atoms with Crippen molar-refractivity contribution in [1.82, 2.24) is 5.32 Å². The van der Waals surface area contributed by atoms with Crippen molar-refractivity contribution in [3.8, 4) is 0 Å². The fourth-order valence-corrected chi connectivity index (χ4v) is 4.30. The summed E-state index contributed by atoms with van der Waals surface area (Å²) in [6, 6.07) is 10.8. The van der Waals surface area contributed by atoms with Crippen LogP contribution >= 0.6 is 11.8 Å². The van der Waals surface area contributed by atoms with E-state index in [2.05, 4.69) is 17.4 Å². The highest BCUT2D eigenvalue weighted by Gasteiger charge is 2.39. The van der Waals surface area contributed by atoms with E-state index < -0.39 is 0 Å². The molecule has 19 heavy (non-hydrogen) atoms. The number of carbonyl (C=O) groups excluding carboxylic acids is 1. The van der Waals surface area contributed by atoms with Crippen LogP contribution < -0.4 is 5.32 Å². The third kappa shape index (κ3) is 3.33. The minimum atomic E-state index is 0.221. The predicted molar refractivity (Wildman–Crippen MR) is 80.0 cm³/mol. The molecule has 2 fully saturated rings. The molecule has 0 spiro atoms. The zero-order valence-electron chi connectivity index (χ0n) is 11.2. The van der Waals surface area contributed by atoms with E-state index in [4.69, 9.17) is 0 Å². The molecule has 2 saturated carbocycles. The predicted octanol–water partition coefficient (Wildman–Crippen LogP) is 3.22. The van der Waals surface area contributed by atoms with E-state index in [-0.39, 0.29) is 5.91 Å². The first-order valence-electron chi connectivity index (χ1n) is 7.22. The van der Waals surface area contributed by atoms with Crippen LogP contribution in [0.15, 0.2) is 30.3 Å². The maximum atomic E-state index is 11.9. The summed E-state index contributed by atoms with van der Waals surface area (Å²) in [5, 5.41) is 3.24. The number of hydrogen-bond acceptors (Lipinski definition) is 2. The van der Waals surface area contributed by atoms with Crippen molar-refractivity contribution in [2.75, 3.05) is 5.75 Å². The fourth-order valence-electron chi connectivity index (χ4n) is 3.51. The molecular weight excluding hydrogens is 254 g/mol. The molecule has 2 bridgehead atoms. The largest absolute Gasteiger partial charge is 0.352 e. The van der Waals surface area contributed by atoms with Crippen LogP contribution in [0.1, 0.15) is 31.2 Å². The molecule has 1 N–H and O–H groups in total. The molecule has 2 nitrogen and oxygen atoms in total. The maximum Gasteiger partial charge on any atom is 0.230 e. The van der Waals surface area contributed by atoms with Gasteiger partial charge in [0, 0.05) is 11.8 Å². The van der Waals surface area contributed by atoms with Crippen LogP contribution in [0.3, 0.4) is 0 Å². The topological polar surface area (TPSA) is 29.1 Å². The quantitative estimate of drug-likeness (QED) is 0.894. The highest BCUT2D eigenvalue weighted by atomic mass is 32.2. The molecule has 3 rings (SSSR count). The second-order valence-electron chi connectivity index (χ2n) is 5.83. The van der Waals surface area contributed by atoms with E-state index >= 15 is 0 Å². The number of fused-ring (bicyclic) bond motifs is 2. The van der Waals surface area contributed by atoms with Crippen molar-refractivity contribution in [3.05, 3.63) is 35.9 Å². The molecule has 0 radical (unpaired) electrons. The lowest BCUT2D eigenvalue weighted by Gasteiger charge is -2.22. The van der Waals surface area contributed by atoms with Crippen molar-refractivity contribution >= 4 is 17.7 Å². The minimum Gasteiger partial charge on any atom is -0.352 e. The van der Waals surface area contributed by atoms with Gasteiger partial charge in [-0.05, 0) is 36.7 Å². The van der Waals surface area contributed by atoms with Gasteiger partial charge in [-0.25, -0.2) is 0 Å². The number of nitrogens with one attached hydrogen (secondary N) is 1. The standard InChI is InChI=1S/C16H21NOS/c18-16(11-19-10-12-4-2-1-3-5-12)17-15-9-13-6-7-14(15)8-13/h1-5,13-15H,6-11H2,(H,17,18). The molecule has 2 aliphatic carbocycles. The Bertz CT molecular complexity index is 434. The lowest BCUT2D eigenvalue weighted by molar-refractivity contribution is -0.119. The highest BCUT2D eigenvalue weighted by Crippen LogP contribution is 2.44. The zero-order valence-corrected chi connectivity index (χ0v) is 12.0. The second kappa shape index (κ2) is 6.00. The molecule has 3 unspecified atom stereocenters. The molecule has 0 saturated heterocycles. The van der Waals surface area contributed by atoms with Crippen molar-refractivity contribution in [1.29, 1.82) is 0 Å². The van der Waals surface area contributed by atoms with Crippen LogP contribution in [0, 0.1) is 11.8 Å². The number of amides is 1. The zero-order chi connectivity index (χ0) is 13.1. The molecular formula is C16H21NOS. The fraction of sp³-hybridized carbons (Fsp3) is 0.562. The Kier molecular flexibility index (Phi) is 4.12. The summed E-state index contributed by atoms with van der Waals surface area (Å²) < 4.78 is 0. The van der Waals surface area contributed by atoms with Gasteiger partial charge in [0.25, 0.3) is 0 Å². The number of rotatable bonds is 5. The Balaban J connectivity index is 1.38. The van der Waals surface area contributed by atoms with Crippen LogP contribution in [-0.2, 0) is 10.5 Å². The lowest BCUT2D eigenvalue weighted by Crippen LogP contribution is -2.39. The van der Waals surface area contributed by atoms with Crippen LogP contribution in [0.5, 0.6) is 0 Å². The Morgan fingerprint density at radius 1 is 1.21 bits per heavy atom. The second-order valence-corrected chi connectivity index (χ2v) is 6.81. The third-order valence-electron chi connectivity index (χ3n) is 4.43. The average molecular weight is 275 g/mol. The first kappa shape index (κ1) is 13.0. The van der Waals surface area contributed by atoms with Gasteiger partial charge in [0.1, 0.15) is 0 Å². The summed E-state index contributed by atoms with van der Waals surface area (Å²) in [4.78, 5) is 11.9. The van der Waals surface area contributed by atoms with Gasteiger partial charge in [-0.1, -0.05) is 36.8 Å². The first-order chi connectivity index (χ1) is 9.31. The molecule has 0 aromatic heterocycles. The minimum absolute atomic E-state index is 0.221. The van der Waals surface area contributed by atoms with Crippen molar-refractivity contribution < 1.29 is 4.79 Å². The van der Waals surface area contributed by atoms with Gasteiger partial charge in [0.15, 0.2) is 0 Å². The normalized spacial score (nSPS) is 28.5. The van der Waals surface area contributed by atoms with Crippen LogP contribution in [0.25, 0.3) is 0 Å². The molecule has 102 valence electrons. The SMILES string of the molecule is O=C(CSCc1ccccc1)NC1CC2CCC1C2. The molecule has 1 aromatic rings. The average Bonchev–Trinajstić information content (AvgIpc) is 3.02. The molecule has 3 atom stereocenters. The Morgan fingerprint density at radius 3 is 2.74 bits per heavy atom. The van der Waals surface area contributed by atoms with Crippen molar-refractivity contribution in [2.45, 2.75) is 37.5 Å². The van der Waals surface area contributed by atoms with Gasteiger partial charge in [-0.3, -0.25) is 4.79 Å². The number of thioether (sulfide) groups is 1. The van der Waals surface area contributed by atoms with E-state index in [0.29, 0.717) is 11.8 Å². The molecule has 0 aliphatic heterocycles. The summed E-state index contributed by atoms with van der Waals surface area (Å²) >= 11 is 1.71. The third-order valence-corrected chi connectivity index (χ3v) is 5.43. The lowest BCUT2D eigenvalue weighted by atomic mass is 9.95. The van der Waals surface area contributed by atoms with E-state index in [0.717, 1.165) is 17.6 Å². The maximum absolute atomic E-state index is 11.9. The Morgan fingerprint density at radius 2 is 2.05 bits per heavy atom. The molecule has 0 heterocycles. The summed E-state index contributed by atoms with van der Waals surface area (Å²) in [5.41, 5.74) is 1.29. The Hall–Kier alpha value is -0.960. The van der Waals surface area contributed by atoms with Crippen LogP contribution in [0.2, 0.25) is 0 Å². The molecule has 2 aliphatic rings. The summed E-state index contributed by atoms with van der Waals surface area (Å²) in [6.07, 6.45) is 5.29. The van der Waals surface area contributed by atoms with Gasteiger partial charge in [-0.2, -0.15) is 0 Å². The van der Waals surface area contributed by atoms with Gasteiger partial charge >= 0.3 is 0 Å². The van der Waals surface area contributed by atoms with Gasteiger partial charge in [0.05, 0.1) is 5.75 Å². The monoisotopic (exact) mass is 275 g/mol. The smallest absolute Gasteiger partial charge is 0.230 e. The van der Waals surface area contributed by atoms with E-state index in [1.54, 1.807) is 11.8 Å². The van der Waals surface area contributed by atoms with Gasteiger partial charge in [0.2, 0.25) is 5.91 Å². The van der Waals surface area contributed by atoms with Crippen molar-refractivity contribution in [3.63, 3.8) is 0 Å². The first-order valence-corrected chi connectivity index (χ1v) is 8.38. The van der Waals surface area contributed by atoms with Crippen molar-refractivity contribution in [2.24, 2.45) is 11.8 Å². The molecule has 3 heteroatoms. The Labute approximate surface area is 119 Å². The highest BCUT2D eigenvalue weighted by molar-refractivity contribution is 7.99. The van der Waals surface area contributed by atoms with Crippen LogP contribution in [-0.4, -0.2) is 17.7 Å². The van der Waals surface area contributed by atoms with Gasteiger partial charge < -0.3 is 5.32 Å². The number of carbonyl (C=O) groups is 1. The van der Waals surface area contributed by atoms with Crippen LogP contribution in [0.4, 0.5) is 0 Å². The molecule has 1 amide bonds. The van der Waals surface area contributed by atoms with E-state index in [1.807, 2.05) is 18.2 Å². The molecule has 1 aromatic carbocycles. The van der Waals surface area contributed by atoms with Gasteiger partial charge in [-0.15, -0.1) is 11.8 Å². The number of hydrogen-bond donors (Lipinski definition) is 1. The van der Waals surface area contributed by atoms with E-state index in [9.17, 15) is 4.79 Å². The number of benzene rings is 1. The summed E-state index contributed by atoms with van der Waals surface area (Å²) in [7, 11) is 0. The summed E-state index contributed by atoms with van der Waals surface area (Å²) in [6.45, 7) is 0. The van der Waals surface area contributed by atoms with E-state index in [1.165, 1.54) is 31.2 Å².